The van der Waals surface area contributed by atoms with Gasteiger partial charge in [-0.25, -0.2) is 18.2 Å². The molecule has 0 aliphatic carbocycles. The largest absolute Gasteiger partial charge is 0.488 e. The smallest absolute Gasteiger partial charge is 0.255 e. The molecule has 0 aliphatic heterocycles. The van der Waals surface area contributed by atoms with Crippen molar-refractivity contribution in [3.63, 3.8) is 0 Å². The molecular formula is C29H25ClFN3O4S. The maximum Gasteiger partial charge on any atom is 0.255 e. The molecule has 200 valence electrons. The highest BCUT2D eigenvalue weighted by molar-refractivity contribution is 7.89. The molecule has 0 radical (unpaired) electrons. The molecule has 0 spiro atoms. The summed E-state index contributed by atoms with van der Waals surface area (Å²) in [5, 5.41) is 4.38. The number of halogens is 2. The average molecular weight is 566 g/mol. The second-order valence-corrected chi connectivity index (χ2v) is 10.8. The summed E-state index contributed by atoms with van der Waals surface area (Å²) in [6, 6.07) is 27.9. The minimum Gasteiger partial charge on any atom is -0.488 e. The zero-order chi connectivity index (χ0) is 27.7. The Labute approximate surface area is 231 Å². The van der Waals surface area contributed by atoms with Crippen molar-refractivity contribution in [3.05, 3.63) is 131 Å². The Balaban J connectivity index is 1.46. The lowest BCUT2D eigenvalue weighted by Gasteiger charge is -2.21. The van der Waals surface area contributed by atoms with Crippen LogP contribution < -0.4 is 10.2 Å². The minimum atomic E-state index is -4.09. The fourth-order valence-corrected chi connectivity index (χ4v) is 5.11. The van der Waals surface area contributed by atoms with E-state index in [0.29, 0.717) is 28.5 Å². The van der Waals surface area contributed by atoms with E-state index in [0.717, 1.165) is 9.87 Å². The van der Waals surface area contributed by atoms with Crippen LogP contribution in [0.3, 0.4) is 0 Å². The van der Waals surface area contributed by atoms with Crippen LogP contribution in [-0.4, -0.2) is 31.4 Å². The number of nitrogens with one attached hydrogen (secondary N) is 1. The van der Waals surface area contributed by atoms with Crippen LogP contribution in [0.4, 0.5) is 4.39 Å². The van der Waals surface area contributed by atoms with Gasteiger partial charge in [-0.1, -0.05) is 66.2 Å². The second kappa shape index (κ2) is 13.1. The third kappa shape index (κ3) is 7.97. The molecule has 10 heteroatoms. The van der Waals surface area contributed by atoms with Gasteiger partial charge in [-0.15, -0.1) is 0 Å². The summed E-state index contributed by atoms with van der Waals surface area (Å²) in [5.74, 6) is -0.540. The molecule has 0 aromatic heterocycles. The first-order chi connectivity index (χ1) is 18.8. The second-order valence-electron chi connectivity index (χ2n) is 8.46. The highest BCUT2D eigenvalue weighted by atomic mass is 35.5. The van der Waals surface area contributed by atoms with Gasteiger partial charge in [0.25, 0.3) is 5.91 Å². The first kappa shape index (κ1) is 28.0. The topological polar surface area (TPSA) is 88.1 Å². The Morgan fingerprint density at radius 3 is 2.28 bits per heavy atom. The standard InChI is InChI=1S/C29H25ClFN3O4S/c30-25-12-16-27(17-13-25)39(36,37)34(19-22-10-14-26(31)15-11-22)20-29(35)33-32-18-24-8-4-5-9-28(24)38-21-23-6-2-1-3-7-23/h1-18H,19-21H2,(H,33,35)/b32-18-. The summed E-state index contributed by atoms with van der Waals surface area (Å²) in [5.41, 5.74) is 4.52. The average Bonchev–Trinajstić information content (AvgIpc) is 2.94. The maximum atomic E-state index is 13.4. The number of carbonyl (C=O) groups is 1. The number of amides is 1. The van der Waals surface area contributed by atoms with Crippen LogP contribution in [0.1, 0.15) is 16.7 Å². The van der Waals surface area contributed by atoms with Crippen LogP contribution in [0.25, 0.3) is 0 Å². The summed E-state index contributed by atoms with van der Waals surface area (Å²) < 4.78 is 47.0. The first-order valence-corrected chi connectivity index (χ1v) is 13.7. The van der Waals surface area contributed by atoms with E-state index in [2.05, 4.69) is 10.5 Å². The van der Waals surface area contributed by atoms with Crippen molar-refractivity contribution in [1.82, 2.24) is 9.73 Å². The zero-order valence-electron chi connectivity index (χ0n) is 20.7. The lowest BCUT2D eigenvalue weighted by molar-refractivity contribution is -0.121. The summed E-state index contributed by atoms with van der Waals surface area (Å²) in [6.07, 6.45) is 1.43. The third-order valence-electron chi connectivity index (χ3n) is 5.59. The Morgan fingerprint density at radius 2 is 1.56 bits per heavy atom. The van der Waals surface area contributed by atoms with Crippen molar-refractivity contribution in [2.24, 2.45) is 5.10 Å². The number of hydrogen-bond acceptors (Lipinski definition) is 5. The monoisotopic (exact) mass is 565 g/mol. The fourth-order valence-electron chi connectivity index (χ4n) is 3.60. The van der Waals surface area contributed by atoms with Gasteiger partial charge >= 0.3 is 0 Å². The molecule has 4 aromatic carbocycles. The van der Waals surface area contributed by atoms with Crippen LogP contribution in [0.15, 0.2) is 113 Å². The molecule has 0 unspecified atom stereocenters. The molecule has 4 aromatic rings. The molecule has 0 fully saturated rings. The number of sulfonamides is 1. The summed E-state index contributed by atoms with van der Waals surface area (Å²) in [4.78, 5) is 12.7. The number of carbonyl (C=O) groups excluding carboxylic acids is 1. The quantitative estimate of drug-likeness (QED) is 0.195. The number of nitrogens with zero attached hydrogens (tertiary/aromatic N) is 2. The van der Waals surface area contributed by atoms with E-state index in [9.17, 15) is 17.6 Å². The Bertz CT molecular complexity index is 1530. The highest BCUT2D eigenvalue weighted by Crippen LogP contribution is 2.21. The molecular weight excluding hydrogens is 541 g/mol. The van der Waals surface area contributed by atoms with E-state index in [1.54, 1.807) is 12.1 Å². The minimum absolute atomic E-state index is 0.0326. The van der Waals surface area contributed by atoms with Gasteiger partial charge < -0.3 is 4.74 Å². The molecule has 0 saturated heterocycles. The molecule has 4 rings (SSSR count). The van der Waals surface area contributed by atoms with E-state index >= 15 is 0 Å². The third-order valence-corrected chi connectivity index (χ3v) is 7.65. The van der Waals surface area contributed by atoms with E-state index in [1.165, 1.54) is 54.7 Å². The normalized spacial score (nSPS) is 11.6. The van der Waals surface area contributed by atoms with E-state index in [-0.39, 0.29) is 11.4 Å². The Morgan fingerprint density at radius 1 is 0.897 bits per heavy atom. The number of rotatable bonds is 11. The van der Waals surface area contributed by atoms with Crippen LogP contribution in [-0.2, 0) is 28.0 Å². The maximum absolute atomic E-state index is 13.4. The molecule has 7 nitrogen and oxygen atoms in total. The molecule has 0 heterocycles. The summed E-state index contributed by atoms with van der Waals surface area (Å²) >= 11 is 5.91. The highest BCUT2D eigenvalue weighted by Gasteiger charge is 2.27. The number of benzene rings is 4. The molecule has 0 atom stereocenters. The van der Waals surface area contributed by atoms with E-state index in [4.69, 9.17) is 16.3 Å². The number of hydrogen-bond donors (Lipinski definition) is 1. The van der Waals surface area contributed by atoms with E-state index < -0.39 is 28.3 Å². The Hall–Kier alpha value is -4.05. The van der Waals surface area contributed by atoms with Gasteiger partial charge in [-0.3, -0.25) is 4.79 Å². The zero-order valence-corrected chi connectivity index (χ0v) is 22.3. The molecule has 39 heavy (non-hydrogen) atoms. The van der Waals surface area contributed by atoms with Crippen molar-refractivity contribution in [2.75, 3.05) is 6.54 Å². The van der Waals surface area contributed by atoms with Gasteiger partial charge in [-0.2, -0.15) is 9.41 Å². The SMILES string of the molecule is O=C(CN(Cc1ccc(F)cc1)S(=O)(=O)c1ccc(Cl)cc1)N/N=C\c1ccccc1OCc1ccccc1. The number of para-hydroxylation sites is 1. The van der Waals surface area contributed by atoms with Gasteiger partial charge in [0.1, 0.15) is 18.2 Å². The summed E-state index contributed by atoms with van der Waals surface area (Å²) in [6.45, 7) is -0.316. The van der Waals surface area contributed by atoms with E-state index in [1.807, 2.05) is 42.5 Å². The van der Waals surface area contributed by atoms with Crippen molar-refractivity contribution in [2.45, 2.75) is 18.0 Å². The van der Waals surface area contributed by atoms with Gasteiger partial charge in [0.05, 0.1) is 17.7 Å². The lowest BCUT2D eigenvalue weighted by atomic mass is 10.2. The van der Waals surface area contributed by atoms with Gasteiger partial charge in [0.2, 0.25) is 10.0 Å². The van der Waals surface area contributed by atoms with Crippen molar-refractivity contribution in [3.8, 4) is 5.75 Å². The Kier molecular flexibility index (Phi) is 9.43. The van der Waals surface area contributed by atoms with Crippen LogP contribution in [0, 0.1) is 5.82 Å². The molecule has 0 bridgehead atoms. The molecule has 1 amide bonds. The fraction of sp³-hybridized carbons (Fsp3) is 0.103. The van der Waals surface area contributed by atoms with Crippen LogP contribution in [0.2, 0.25) is 5.02 Å². The molecule has 0 saturated carbocycles. The van der Waals surface area contributed by atoms with Crippen LogP contribution in [0.5, 0.6) is 5.75 Å². The van der Waals surface area contributed by atoms with Crippen molar-refractivity contribution >= 4 is 33.7 Å². The number of ether oxygens (including phenoxy) is 1. The first-order valence-electron chi connectivity index (χ1n) is 11.9. The van der Waals surface area contributed by atoms with Gasteiger partial charge in [0.15, 0.2) is 0 Å². The predicted octanol–water partition coefficient (Wildman–Crippen LogP) is 5.40. The predicted molar refractivity (Wildman–Crippen MR) is 148 cm³/mol. The number of hydrazone groups is 1. The van der Waals surface area contributed by atoms with Gasteiger partial charge in [0, 0.05) is 17.1 Å². The van der Waals surface area contributed by atoms with Crippen molar-refractivity contribution < 1.29 is 22.3 Å². The lowest BCUT2D eigenvalue weighted by Crippen LogP contribution is -2.39. The van der Waals surface area contributed by atoms with Crippen molar-refractivity contribution in [1.29, 1.82) is 0 Å². The molecule has 1 N–H and O–H groups in total. The molecule has 0 aliphatic rings. The van der Waals surface area contributed by atoms with Crippen LogP contribution >= 0.6 is 11.6 Å². The summed E-state index contributed by atoms with van der Waals surface area (Å²) in [7, 11) is -4.09. The van der Waals surface area contributed by atoms with Gasteiger partial charge in [-0.05, 0) is 59.7 Å².